The van der Waals surface area contributed by atoms with Crippen molar-refractivity contribution in [2.24, 2.45) is 5.73 Å². The molecule has 1 aromatic carbocycles. The highest BCUT2D eigenvalue weighted by atomic mass is 16.5. The highest BCUT2D eigenvalue weighted by molar-refractivity contribution is 5.73. The predicted octanol–water partition coefficient (Wildman–Crippen LogP) is -0.507. The molecular formula is C13H13N3O4. The largest absolute Gasteiger partial charge is 0.497 e. The molecule has 0 spiro atoms. The van der Waals surface area contributed by atoms with Crippen LogP contribution in [0.3, 0.4) is 0 Å². The van der Waals surface area contributed by atoms with Crippen LogP contribution in [0.15, 0.2) is 46.2 Å². The van der Waals surface area contributed by atoms with Crippen molar-refractivity contribution in [3.63, 3.8) is 0 Å². The normalized spacial score (nSPS) is 10.2. The Bertz CT molecular complexity index is 743. The smallest absolute Gasteiger partial charge is 0.320 e. The zero-order valence-electron chi connectivity index (χ0n) is 10.8. The molecule has 1 amide bonds. The summed E-state index contributed by atoms with van der Waals surface area (Å²) in [6, 6.07) is 6.66. The van der Waals surface area contributed by atoms with E-state index in [2.05, 4.69) is 0 Å². The van der Waals surface area contributed by atoms with Crippen LogP contribution in [0, 0.1) is 0 Å². The molecule has 7 nitrogen and oxygen atoms in total. The van der Waals surface area contributed by atoms with Crippen LogP contribution in [-0.2, 0) is 11.3 Å². The van der Waals surface area contributed by atoms with Gasteiger partial charge in [0.25, 0.3) is 0 Å². The Labute approximate surface area is 113 Å². The molecule has 0 saturated carbocycles. The number of hydrogen-bond donors (Lipinski definition) is 1. The van der Waals surface area contributed by atoms with E-state index >= 15 is 0 Å². The number of primary amides is 1. The molecule has 2 N–H and O–H groups in total. The highest BCUT2D eigenvalue weighted by Gasteiger charge is 2.08. The summed E-state index contributed by atoms with van der Waals surface area (Å²) < 4.78 is 7.19. The van der Waals surface area contributed by atoms with E-state index in [0.717, 1.165) is 4.57 Å². The Kier molecular flexibility index (Phi) is 3.69. The van der Waals surface area contributed by atoms with E-state index in [9.17, 15) is 14.4 Å². The van der Waals surface area contributed by atoms with Gasteiger partial charge in [-0.15, -0.1) is 0 Å². The zero-order chi connectivity index (χ0) is 14.7. The van der Waals surface area contributed by atoms with E-state index < -0.39 is 17.0 Å². The van der Waals surface area contributed by atoms with E-state index in [0.29, 0.717) is 11.4 Å². The minimum atomic E-state index is -0.804. The second-order valence-electron chi connectivity index (χ2n) is 4.07. The number of nitrogens with zero attached hydrogens (tertiary/aromatic N) is 2. The SMILES string of the molecule is COc1ccc(-n2ccn(CC(N)=O)c(=O)c2=O)cc1. The third-order valence-electron chi connectivity index (χ3n) is 2.74. The average molecular weight is 275 g/mol. The van der Waals surface area contributed by atoms with Gasteiger partial charge in [-0.1, -0.05) is 0 Å². The number of rotatable bonds is 4. The summed E-state index contributed by atoms with van der Waals surface area (Å²) in [6.45, 7) is -0.322. The summed E-state index contributed by atoms with van der Waals surface area (Å²) >= 11 is 0. The quantitative estimate of drug-likeness (QED) is 0.760. The molecule has 0 radical (unpaired) electrons. The fraction of sp³-hybridized carbons (Fsp3) is 0.154. The summed E-state index contributed by atoms with van der Waals surface area (Å²) in [5, 5.41) is 0. The number of nitrogens with two attached hydrogens (primary N) is 1. The third-order valence-corrected chi connectivity index (χ3v) is 2.74. The summed E-state index contributed by atoms with van der Waals surface area (Å²) in [7, 11) is 1.53. The van der Waals surface area contributed by atoms with Crippen molar-refractivity contribution in [1.29, 1.82) is 0 Å². The molecule has 2 rings (SSSR count). The fourth-order valence-corrected chi connectivity index (χ4v) is 1.75. The van der Waals surface area contributed by atoms with Crippen LogP contribution in [0.25, 0.3) is 5.69 Å². The van der Waals surface area contributed by atoms with Gasteiger partial charge in [0, 0.05) is 18.1 Å². The molecule has 1 aromatic heterocycles. The number of benzene rings is 1. The van der Waals surface area contributed by atoms with Gasteiger partial charge in [-0.05, 0) is 24.3 Å². The van der Waals surface area contributed by atoms with Crippen molar-refractivity contribution in [1.82, 2.24) is 9.13 Å². The summed E-state index contributed by atoms with van der Waals surface area (Å²) in [5.41, 5.74) is 3.98. The fourth-order valence-electron chi connectivity index (χ4n) is 1.75. The van der Waals surface area contributed by atoms with Gasteiger partial charge in [0.2, 0.25) is 5.91 Å². The molecule has 1 heterocycles. The first kappa shape index (κ1) is 13.6. The van der Waals surface area contributed by atoms with Crippen molar-refractivity contribution in [3.05, 3.63) is 57.4 Å². The Balaban J connectivity index is 2.48. The molecule has 0 aliphatic rings. The first-order valence-corrected chi connectivity index (χ1v) is 5.78. The van der Waals surface area contributed by atoms with Crippen LogP contribution in [0.2, 0.25) is 0 Å². The molecule has 0 saturated heterocycles. The number of methoxy groups -OCH3 is 1. The summed E-state index contributed by atoms with van der Waals surface area (Å²) in [6.07, 6.45) is 2.76. The first-order chi connectivity index (χ1) is 9.52. The van der Waals surface area contributed by atoms with Crippen molar-refractivity contribution < 1.29 is 9.53 Å². The lowest BCUT2D eigenvalue weighted by Crippen LogP contribution is -2.41. The van der Waals surface area contributed by atoms with Crippen molar-refractivity contribution in [2.45, 2.75) is 6.54 Å². The second-order valence-corrected chi connectivity index (χ2v) is 4.07. The minimum absolute atomic E-state index is 0.322. The monoisotopic (exact) mass is 275 g/mol. The number of aromatic nitrogens is 2. The lowest BCUT2D eigenvalue weighted by molar-refractivity contribution is -0.118. The molecule has 0 atom stereocenters. The number of amides is 1. The van der Waals surface area contributed by atoms with Gasteiger partial charge in [0.15, 0.2) is 0 Å². The average Bonchev–Trinajstić information content (AvgIpc) is 2.44. The Hall–Kier alpha value is -2.83. The molecule has 7 heteroatoms. The summed E-state index contributed by atoms with van der Waals surface area (Å²) in [4.78, 5) is 34.6. The number of carbonyl (C=O) groups excluding carboxylic acids is 1. The number of ether oxygens (including phenoxy) is 1. The van der Waals surface area contributed by atoms with Gasteiger partial charge in [-0.2, -0.15) is 0 Å². The lowest BCUT2D eigenvalue weighted by atomic mass is 10.3. The highest BCUT2D eigenvalue weighted by Crippen LogP contribution is 2.12. The standard InChI is InChI=1S/C13H13N3O4/c1-20-10-4-2-9(3-5-10)16-7-6-15(8-11(14)17)12(18)13(16)19/h2-7H,8H2,1H3,(H2,14,17). The van der Waals surface area contributed by atoms with Crippen molar-refractivity contribution >= 4 is 5.91 Å². The molecule has 0 bridgehead atoms. The van der Waals surface area contributed by atoms with Gasteiger partial charge < -0.3 is 10.5 Å². The van der Waals surface area contributed by atoms with Crippen LogP contribution in [0.1, 0.15) is 0 Å². The van der Waals surface area contributed by atoms with Gasteiger partial charge in [-0.3, -0.25) is 23.5 Å². The Morgan fingerprint density at radius 3 is 2.35 bits per heavy atom. The Morgan fingerprint density at radius 1 is 1.15 bits per heavy atom. The predicted molar refractivity (Wildman–Crippen MR) is 72.0 cm³/mol. The molecule has 0 aliphatic carbocycles. The van der Waals surface area contributed by atoms with E-state index in [1.165, 1.54) is 24.1 Å². The van der Waals surface area contributed by atoms with E-state index in [1.807, 2.05) is 0 Å². The molecular weight excluding hydrogens is 262 g/mol. The second kappa shape index (κ2) is 5.43. The number of hydrogen-bond acceptors (Lipinski definition) is 4. The van der Waals surface area contributed by atoms with Crippen molar-refractivity contribution in [3.8, 4) is 11.4 Å². The van der Waals surface area contributed by atoms with Crippen LogP contribution >= 0.6 is 0 Å². The van der Waals surface area contributed by atoms with E-state index in [4.69, 9.17) is 10.5 Å². The van der Waals surface area contributed by atoms with Crippen LogP contribution in [-0.4, -0.2) is 22.2 Å². The molecule has 20 heavy (non-hydrogen) atoms. The summed E-state index contributed by atoms with van der Waals surface area (Å²) in [5.74, 6) is -0.0439. The molecule has 0 unspecified atom stereocenters. The number of carbonyl (C=O) groups is 1. The molecule has 2 aromatic rings. The minimum Gasteiger partial charge on any atom is -0.497 e. The lowest BCUT2D eigenvalue weighted by Gasteiger charge is -2.08. The maximum atomic E-state index is 12.0. The van der Waals surface area contributed by atoms with Gasteiger partial charge in [0.1, 0.15) is 12.3 Å². The van der Waals surface area contributed by atoms with Crippen LogP contribution in [0.5, 0.6) is 5.75 Å². The maximum Gasteiger partial charge on any atom is 0.320 e. The first-order valence-electron chi connectivity index (χ1n) is 5.78. The zero-order valence-corrected chi connectivity index (χ0v) is 10.8. The van der Waals surface area contributed by atoms with Crippen LogP contribution in [0.4, 0.5) is 0 Å². The van der Waals surface area contributed by atoms with Gasteiger partial charge in [0.05, 0.1) is 7.11 Å². The van der Waals surface area contributed by atoms with Gasteiger partial charge >= 0.3 is 11.1 Å². The van der Waals surface area contributed by atoms with E-state index in [1.54, 1.807) is 24.3 Å². The van der Waals surface area contributed by atoms with Gasteiger partial charge in [-0.25, -0.2) is 0 Å². The topological polar surface area (TPSA) is 96.3 Å². The molecule has 104 valence electrons. The molecule has 0 fully saturated rings. The maximum absolute atomic E-state index is 12.0. The molecule has 0 aliphatic heterocycles. The Morgan fingerprint density at radius 2 is 1.80 bits per heavy atom. The van der Waals surface area contributed by atoms with Crippen molar-refractivity contribution in [2.75, 3.05) is 7.11 Å². The third kappa shape index (κ3) is 2.61. The van der Waals surface area contributed by atoms with E-state index in [-0.39, 0.29) is 6.54 Å². The van der Waals surface area contributed by atoms with Crippen LogP contribution < -0.4 is 21.6 Å².